The molecule has 1 saturated heterocycles. The molecule has 1 aliphatic carbocycles. The SMILES string of the molecule is CN1c2ccc(-c3cccc(C#N)c3)cc2[C@@H]2[C@@H](CCN2C(=O)NC2CCCCC2)[C@@H]1CO. The van der Waals surface area contributed by atoms with E-state index < -0.39 is 0 Å². The number of anilines is 1. The van der Waals surface area contributed by atoms with Crippen LogP contribution in [0, 0.1) is 17.2 Å². The van der Waals surface area contributed by atoms with Crippen molar-refractivity contribution >= 4 is 11.7 Å². The van der Waals surface area contributed by atoms with Crippen molar-refractivity contribution in [3.05, 3.63) is 53.6 Å². The van der Waals surface area contributed by atoms with E-state index in [1.807, 2.05) is 36.2 Å². The molecule has 2 heterocycles. The first-order valence-corrected chi connectivity index (χ1v) is 12.2. The summed E-state index contributed by atoms with van der Waals surface area (Å²) in [5.74, 6) is 0.185. The highest BCUT2D eigenvalue weighted by Gasteiger charge is 2.47. The first kappa shape index (κ1) is 21.8. The molecule has 6 heteroatoms. The summed E-state index contributed by atoms with van der Waals surface area (Å²) in [7, 11) is 2.04. The number of aliphatic hydroxyl groups is 1. The van der Waals surface area contributed by atoms with Gasteiger partial charge >= 0.3 is 6.03 Å². The predicted molar refractivity (Wildman–Crippen MR) is 129 cm³/mol. The van der Waals surface area contributed by atoms with Crippen LogP contribution in [0.15, 0.2) is 42.5 Å². The number of nitriles is 1. The van der Waals surface area contributed by atoms with Crippen LogP contribution < -0.4 is 10.2 Å². The van der Waals surface area contributed by atoms with Crippen LogP contribution in [0.2, 0.25) is 0 Å². The zero-order chi connectivity index (χ0) is 22.9. The summed E-state index contributed by atoms with van der Waals surface area (Å²) in [6.45, 7) is 0.771. The molecule has 0 radical (unpaired) electrons. The average molecular weight is 445 g/mol. The second-order valence-electron chi connectivity index (χ2n) is 9.70. The van der Waals surface area contributed by atoms with Gasteiger partial charge in [-0.1, -0.05) is 37.5 Å². The van der Waals surface area contributed by atoms with Gasteiger partial charge < -0.3 is 20.2 Å². The Morgan fingerprint density at radius 2 is 1.91 bits per heavy atom. The summed E-state index contributed by atoms with van der Waals surface area (Å²) in [4.78, 5) is 17.6. The Kier molecular flexibility index (Phi) is 5.99. The maximum Gasteiger partial charge on any atom is 0.318 e. The zero-order valence-electron chi connectivity index (χ0n) is 19.2. The second kappa shape index (κ2) is 9.07. The van der Waals surface area contributed by atoms with Crippen molar-refractivity contribution in [1.29, 1.82) is 5.26 Å². The number of carbonyl (C=O) groups is 1. The lowest BCUT2D eigenvalue weighted by Gasteiger charge is -2.44. The van der Waals surface area contributed by atoms with Crippen molar-refractivity contribution in [1.82, 2.24) is 10.2 Å². The fourth-order valence-electron chi connectivity index (χ4n) is 6.13. The number of carbonyl (C=O) groups excluding carboxylic acids is 1. The van der Waals surface area contributed by atoms with Crippen molar-refractivity contribution < 1.29 is 9.90 Å². The first-order chi connectivity index (χ1) is 16.1. The Balaban J connectivity index is 1.51. The molecule has 172 valence electrons. The molecule has 2 N–H and O–H groups in total. The number of benzene rings is 2. The third-order valence-corrected chi connectivity index (χ3v) is 7.87. The van der Waals surface area contributed by atoms with Gasteiger partial charge in [0.1, 0.15) is 0 Å². The molecule has 33 heavy (non-hydrogen) atoms. The van der Waals surface area contributed by atoms with Crippen LogP contribution in [-0.4, -0.2) is 48.3 Å². The Bertz CT molecular complexity index is 1070. The Labute approximate surface area is 195 Å². The summed E-state index contributed by atoms with van der Waals surface area (Å²) < 4.78 is 0. The van der Waals surface area contributed by atoms with Crippen molar-refractivity contribution in [2.24, 2.45) is 5.92 Å². The molecule has 0 spiro atoms. The molecule has 6 nitrogen and oxygen atoms in total. The molecule has 2 amide bonds. The minimum Gasteiger partial charge on any atom is -0.394 e. The van der Waals surface area contributed by atoms with Crippen LogP contribution in [0.5, 0.6) is 0 Å². The summed E-state index contributed by atoms with van der Waals surface area (Å²) in [5.41, 5.74) is 4.86. The fourth-order valence-corrected chi connectivity index (χ4v) is 6.13. The molecule has 0 aromatic heterocycles. The number of nitrogens with zero attached hydrogens (tertiary/aromatic N) is 3. The van der Waals surface area contributed by atoms with E-state index in [0.29, 0.717) is 12.1 Å². The Morgan fingerprint density at radius 3 is 2.67 bits per heavy atom. The highest BCUT2D eigenvalue weighted by atomic mass is 16.3. The molecule has 2 fully saturated rings. The quantitative estimate of drug-likeness (QED) is 0.733. The lowest BCUT2D eigenvalue weighted by atomic mass is 9.81. The van der Waals surface area contributed by atoms with E-state index in [1.165, 1.54) is 19.3 Å². The van der Waals surface area contributed by atoms with Crippen LogP contribution >= 0.6 is 0 Å². The van der Waals surface area contributed by atoms with E-state index in [1.54, 1.807) is 0 Å². The van der Waals surface area contributed by atoms with Crippen molar-refractivity contribution in [2.45, 2.75) is 56.7 Å². The van der Waals surface area contributed by atoms with Gasteiger partial charge in [-0.25, -0.2) is 4.79 Å². The third-order valence-electron chi connectivity index (χ3n) is 7.87. The number of nitrogens with one attached hydrogen (secondary N) is 1. The van der Waals surface area contributed by atoms with E-state index >= 15 is 0 Å². The standard InChI is InChI=1S/C27H32N4O2/c1-30-24-11-10-20(19-7-5-6-18(14-19)16-28)15-23(24)26-22(25(30)17-32)12-13-31(26)27(33)29-21-8-3-2-4-9-21/h5-7,10-11,14-15,21-22,25-26,32H,2-4,8-9,12-13,17H2,1H3,(H,29,33)/t22-,25-,26-/m0/s1. The smallest absolute Gasteiger partial charge is 0.318 e. The lowest BCUT2D eigenvalue weighted by Crippen LogP contribution is -2.50. The Hall–Kier alpha value is -3.04. The highest BCUT2D eigenvalue weighted by molar-refractivity contribution is 5.78. The minimum atomic E-state index is -0.0592. The van der Waals surface area contributed by atoms with Gasteiger partial charge in [0.05, 0.1) is 30.3 Å². The van der Waals surface area contributed by atoms with Crippen LogP contribution in [-0.2, 0) is 0 Å². The van der Waals surface area contributed by atoms with E-state index in [-0.39, 0.29) is 36.7 Å². The van der Waals surface area contributed by atoms with Crippen LogP contribution in [0.3, 0.4) is 0 Å². The van der Waals surface area contributed by atoms with Gasteiger partial charge in [-0.2, -0.15) is 5.26 Å². The lowest BCUT2D eigenvalue weighted by molar-refractivity contribution is 0.156. The van der Waals surface area contributed by atoms with Gasteiger partial charge in [0.25, 0.3) is 0 Å². The van der Waals surface area contributed by atoms with Gasteiger partial charge in [0.2, 0.25) is 0 Å². The number of likely N-dealkylation sites (tertiary alicyclic amines) is 1. The molecule has 0 unspecified atom stereocenters. The number of aliphatic hydroxyl groups excluding tert-OH is 1. The number of amides is 2. The van der Waals surface area contributed by atoms with Crippen LogP contribution in [0.25, 0.3) is 11.1 Å². The summed E-state index contributed by atoms with van der Waals surface area (Å²) in [6, 6.07) is 16.4. The van der Waals surface area contributed by atoms with E-state index in [2.05, 4.69) is 34.5 Å². The number of urea groups is 1. The maximum atomic E-state index is 13.4. The van der Waals surface area contributed by atoms with Gasteiger partial charge in [-0.05, 0) is 60.2 Å². The minimum absolute atomic E-state index is 0.0113. The third kappa shape index (κ3) is 3.95. The molecular formula is C27H32N4O2. The average Bonchev–Trinajstić information content (AvgIpc) is 3.30. The van der Waals surface area contributed by atoms with E-state index in [9.17, 15) is 15.2 Å². The van der Waals surface area contributed by atoms with Crippen molar-refractivity contribution in [3.63, 3.8) is 0 Å². The molecule has 2 aliphatic heterocycles. The number of hydrogen-bond acceptors (Lipinski definition) is 4. The number of likely N-dealkylation sites (N-methyl/N-ethyl adjacent to an activating group) is 1. The maximum absolute atomic E-state index is 13.4. The molecule has 3 atom stereocenters. The van der Waals surface area contributed by atoms with E-state index in [0.717, 1.165) is 41.6 Å². The highest BCUT2D eigenvalue weighted by Crippen LogP contribution is 2.49. The van der Waals surface area contributed by atoms with Gasteiger partial charge in [-0.15, -0.1) is 0 Å². The normalized spacial score (nSPS) is 24.7. The number of rotatable bonds is 3. The van der Waals surface area contributed by atoms with Crippen molar-refractivity contribution in [2.75, 3.05) is 25.1 Å². The number of fused-ring (bicyclic) bond motifs is 3. The summed E-state index contributed by atoms with van der Waals surface area (Å²) in [5, 5.41) is 22.8. The van der Waals surface area contributed by atoms with Gasteiger partial charge in [0.15, 0.2) is 0 Å². The number of hydrogen-bond donors (Lipinski definition) is 2. The molecule has 5 rings (SSSR count). The molecule has 0 bridgehead atoms. The molecular weight excluding hydrogens is 412 g/mol. The molecule has 3 aliphatic rings. The predicted octanol–water partition coefficient (Wildman–Crippen LogP) is 4.44. The second-order valence-corrected chi connectivity index (χ2v) is 9.70. The molecule has 2 aromatic rings. The monoisotopic (exact) mass is 444 g/mol. The largest absolute Gasteiger partial charge is 0.394 e. The zero-order valence-corrected chi connectivity index (χ0v) is 19.2. The van der Waals surface area contributed by atoms with Gasteiger partial charge in [0, 0.05) is 31.2 Å². The summed E-state index contributed by atoms with van der Waals surface area (Å²) in [6.07, 6.45) is 6.63. The first-order valence-electron chi connectivity index (χ1n) is 12.2. The molecule has 1 saturated carbocycles. The van der Waals surface area contributed by atoms with E-state index in [4.69, 9.17) is 0 Å². The van der Waals surface area contributed by atoms with Gasteiger partial charge in [-0.3, -0.25) is 0 Å². The van der Waals surface area contributed by atoms with Crippen LogP contribution in [0.1, 0.15) is 55.7 Å². The summed E-state index contributed by atoms with van der Waals surface area (Å²) >= 11 is 0. The molecule has 2 aromatic carbocycles. The fraction of sp³-hybridized carbons (Fsp3) is 0.481. The topological polar surface area (TPSA) is 79.6 Å². The van der Waals surface area contributed by atoms with Crippen LogP contribution in [0.4, 0.5) is 10.5 Å². The van der Waals surface area contributed by atoms with Crippen molar-refractivity contribution in [3.8, 4) is 17.2 Å². The Morgan fingerprint density at radius 1 is 1.12 bits per heavy atom.